The van der Waals surface area contributed by atoms with E-state index < -0.39 is 0 Å². The van der Waals surface area contributed by atoms with Crippen molar-refractivity contribution in [3.63, 3.8) is 0 Å². The Labute approximate surface area is 158 Å². The SMILES string of the molecule is CN(CC(=O)N1CCNCC1)Cc1coc(-c2cccc(Cl)c2)n1.Cl. The highest BCUT2D eigenvalue weighted by Gasteiger charge is 2.18. The van der Waals surface area contributed by atoms with Crippen LogP contribution in [0, 0.1) is 0 Å². The highest BCUT2D eigenvalue weighted by molar-refractivity contribution is 6.30. The second-order valence-electron chi connectivity index (χ2n) is 5.96. The van der Waals surface area contributed by atoms with Crippen LogP contribution in [-0.2, 0) is 11.3 Å². The first kappa shape index (κ1) is 19.7. The van der Waals surface area contributed by atoms with Crippen molar-refractivity contribution in [2.45, 2.75) is 6.54 Å². The lowest BCUT2D eigenvalue weighted by molar-refractivity contribution is -0.132. The number of amides is 1. The Hall–Kier alpha value is -1.60. The van der Waals surface area contributed by atoms with Crippen LogP contribution in [-0.4, -0.2) is 60.5 Å². The van der Waals surface area contributed by atoms with E-state index in [1.165, 1.54) is 0 Å². The molecule has 3 rings (SSSR count). The van der Waals surface area contributed by atoms with Crippen LogP contribution in [0.4, 0.5) is 0 Å². The number of rotatable bonds is 5. The van der Waals surface area contributed by atoms with Gasteiger partial charge in [-0.05, 0) is 25.2 Å². The van der Waals surface area contributed by atoms with Crippen molar-refractivity contribution in [3.05, 3.63) is 41.2 Å². The van der Waals surface area contributed by atoms with Gasteiger partial charge in [-0.3, -0.25) is 9.69 Å². The van der Waals surface area contributed by atoms with Crippen LogP contribution in [0.1, 0.15) is 5.69 Å². The van der Waals surface area contributed by atoms with Gasteiger partial charge in [0.15, 0.2) is 0 Å². The second-order valence-corrected chi connectivity index (χ2v) is 6.39. The monoisotopic (exact) mass is 384 g/mol. The molecule has 1 N–H and O–H groups in total. The van der Waals surface area contributed by atoms with Crippen LogP contribution >= 0.6 is 24.0 Å². The van der Waals surface area contributed by atoms with Gasteiger partial charge >= 0.3 is 0 Å². The van der Waals surface area contributed by atoms with Crippen molar-refractivity contribution in [3.8, 4) is 11.5 Å². The molecule has 1 fully saturated rings. The first-order valence-electron chi connectivity index (χ1n) is 7.99. The van der Waals surface area contributed by atoms with Gasteiger partial charge < -0.3 is 14.6 Å². The number of halogens is 2. The minimum Gasteiger partial charge on any atom is -0.444 e. The molecule has 1 saturated heterocycles. The van der Waals surface area contributed by atoms with Gasteiger partial charge in [0.1, 0.15) is 6.26 Å². The van der Waals surface area contributed by atoms with E-state index in [4.69, 9.17) is 16.0 Å². The number of hydrogen-bond donors (Lipinski definition) is 1. The van der Waals surface area contributed by atoms with Crippen LogP contribution in [0.2, 0.25) is 5.02 Å². The molecule has 8 heteroatoms. The summed E-state index contributed by atoms with van der Waals surface area (Å²) < 4.78 is 5.53. The van der Waals surface area contributed by atoms with Gasteiger partial charge in [-0.25, -0.2) is 4.98 Å². The lowest BCUT2D eigenvalue weighted by Gasteiger charge is -2.29. The lowest BCUT2D eigenvalue weighted by atomic mass is 10.2. The summed E-state index contributed by atoms with van der Waals surface area (Å²) in [7, 11) is 1.91. The standard InChI is InChI=1S/C17H21ClN4O2.ClH/c1-21(11-16(23)22-7-5-19-6-8-22)10-15-12-24-17(20-15)13-3-2-4-14(18)9-13;/h2-4,9,12,19H,5-8,10-11H2,1H3;1H. The number of piperazine rings is 1. The lowest BCUT2D eigenvalue weighted by Crippen LogP contribution is -2.49. The smallest absolute Gasteiger partial charge is 0.236 e. The maximum absolute atomic E-state index is 12.3. The first-order chi connectivity index (χ1) is 11.6. The molecule has 1 aliphatic heterocycles. The van der Waals surface area contributed by atoms with Gasteiger partial charge in [-0.15, -0.1) is 12.4 Å². The molecule has 2 heterocycles. The molecule has 1 amide bonds. The molecule has 0 bridgehead atoms. The van der Waals surface area contributed by atoms with Gasteiger partial charge in [0.05, 0.1) is 12.2 Å². The predicted molar refractivity (Wildman–Crippen MR) is 100.0 cm³/mol. The van der Waals surface area contributed by atoms with Crippen LogP contribution in [0.15, 0.2) is 34.9 Å². The zero-order valence-electron chi connectivity index (χ0n) is 14.1. The molecular formula is C17H22Cl2N4O2. The number of carbonyl (C=O) groups excluding carboxylic acids is 1. The molecule has 0 spiro atoms. The molecule has 0 aliphatic carbocycles. The summed E-state index contributed by atoms with van der Waals surface area (Å²) in [5.41, 5.74) is 1.63. The van der Waals surface area contributed by atoms with E-state index in [2.05, 4.69) is 10.3 Å². The number of nitrogens with one attached hydrogen (secondary N) is 1. The highest BCUT2D eigenvalue weighted by Crippen LogP contribution is 2.22. The topological polar surface area (TPSA) is 61.6 Å². The molecule has 25 heavy (non-hydrogen) atoms. The summed E-state index contributed by atoms with van der Waals surface area (Å²) in [5, 5.41) is 3.89. The normalized spacial score (nSPS) is 14.4. The van der Waals surface area contributed by atoms with Gasteiger partial charge in [-0.1, -0.05) is 17.7 Å². The number of hydrogen-bond acceptors (Lipinski definition) is 5. The minimum atomic E-state index is 0. The molecule has 2 aromatic rings. The summed E-state index contributed by atoms with van der Waals surface area (Å²) in [6, 6.07) is 7.39. The summed E-state index contributed by atoms with van der Waals surface area (Å²) in [6.45, 7) is 4.20. The quantitative estimate of drug-likeness (QED) is 0.856. The van der Waals surface area contributed by atoms with Crippen LogP contribution in [0.5, 0.6) is 0 Å². The van der Waals surface area contributed by atoms with E-state index in [0.29, 0.717) is 24.0 Å². The fourth-order valence-corrected chi connectivity index (χ4v) is 2.90. The van der Waals surface area contributed by atoms with Crippen molar-refractivity contribution in [1.29, 1.82) is 0 Å². The molecule has 6 nitrogen and oxygen atoms in total. The van der Waals surface area contributed by atoms with Gasteiger partial charge in [-0.2, -0.15) is 0 Å². The predicted octanol–water partition coefficient (Wildman–Crippen LogP) is 2.28. The van der Waals surface area contributed by atoms with E-state index >= 15 is 0 Å². The maximum Gasteiger partial charge on any atom is 0.236 e. The van der Waals surface area contributed by atoms with E-state index in [1.54, 1.807) is 6.26 Å². The third-order valence-corrected chi connectivity index (χ3v) is 4.17. The molecule has 0 unspecified atom stereocenters. The molecule has 0 saturated carbocycles. The Morgan fingerprint density at radius 1 is 1.40 bits per heavy atom. The number of benzene rings is 1. The van der Waals surface area contributed by atoms with Crippen molar-refractivity contribution in [2.24, 2.45) is 0 Å². The zero-order valence-corrected chi connectivity index (χ0v) is 15.6. The average Bonchev–Trinajstić information content (AvgIpc) is 3.04. The second kappa shape index (κ2) is 9.20. The third kappa shape index (κ3) is 5.44. The zero-order chi connectivity index (χ0) is 16.9. The fraction of sp³-hybridized carbons (Fsp3) is 0.412. The number of nitrogens with zero attached hydrogens (tertiary/aromatic N) is 3. The van der Waals surface area contributed by atoms with E-state index in [0.717, 1.165) is 37.4 Å². The van der Waals surface area contributed by atoms with Gasteiger partial charge in [0.2, 0.25) is 11.8 Å². The summed E-state index contributed by atoms with van der Waals surface area (Å²) in [5.74, 6) is 0.687. The fourth-order valence-electron chi connectivity index (χ4n) is 2.71. The van der Waals surface area contributed by atoms with E-state index in [1.807, 2.05) is 41.1 Å². The Kier molecular flexibility index (Phi) is 7.25. The molecule has 1 aliphatic rings. The molecule has 1 aromatic carbocycles. The van der Waals surface area contributed by atoms with Gasteiger partial charge in [0, 0.05) is 43.3 Å². The highest BCUT2D eigenvalue weighted by atomic mass is 35.5. The third-order valence-electron chi connectivity index (χ3n) is 3.93. The molecule has 0 radical (unpaired) electrons. The minimum absolute atomic E-state index is 0. The number of likely N-dealkylation sites (N-methyl/N-ethyl adjacent to an activating group) is 1. The molecule has 0 atom stereocenters. The average molecular weight is 385 g/mol. The first-order valence-corrected chi connectivity index (χ1v) is 8.37. The van der Waals surface area contributed by atoms with Crippen LogP contribution < -0.4 is 5.32 Å². The summed E-state index contributed by atoms with van der Waals surface area (Å²) in [4.78, 5) is 20.6. The van der Waals surface area contributed by atoms with Gasteiger partial charge in [0.25, 0.3) is 0 Å². The van der Waals surface area contributed by atoms with E-state index in [-0.39, 0.29) is 18.3 Å². The van der Waals surface area contributed by atoms with Crippen molar-refractivity contribution >= 4 is 29.9 Å². The molecule has 1 aromatic heterocycles. The Bertz CT molecular complexity index is 701. The summed E-state index contributed by atoms with van der Waals surface area (Å²) in [6.07, 6.45) is 1.63. The number of aromatic nitrogens is 1. The number of oxazole rings is 1. The van der Waals surface area contributed by atoms with Crippen LogP contribution in [0.3, 0.4) is 0 Å². The molecular weight excluding hydrogens is 363 g/mol. The summed E-state index contributed by atoms with van der Waals surface area (Å²) >= 11 is 5.99. The van der Waals surface area contributed by atoms with Crippen molar-refractivity contribution in [1.82, 2.24) is 20.1 Å². The Morgan fingerprint density at radius 2 is 2.16 bits per heavy atom. The number of carbonyl (C=O) groups is 1. The van der Waals surface area contributed by atoms with E-state index in [9.17, 15) is 4.79 Å². The molecule has 136 valence electrons. The van der Waals surface area contributed by atoms with Crippen molar-refractivity contribution < 1.29 is 9.21 Å². The Balaban J connectivity index is 0.00000225. The Morgan fingerprint density at radius 3 is 2.88 bits per heavy atom. The van der Waals surface area contributed by atoms with Crippen molar-refractivity contribution in [2.75, 3.05) is 39.8 Å². The maximum atomic E-state index is 12.3. The largest absolute Gasteiger partial charge is 0.444 e. The van der Waals surface area contributed by atoms with Crippen LogP contribution in [0.25, 0.3) is 11.5 Å².